The van der Waals surface area contributed by atoms with Gasteiger partial charge in [0.1, 0.15) is 10.8 Å². The molecule has 7 nitrogen and oxygen atoms in total. The first-order valence-electron chi connectivity index (χ1n) is 7.15. The Bertz CT molecular complexity index is 813. The molecule has 0 atom stereocenters. The number of carbonyl (C=O) groups is 3. The van der Waals surface area contributed by atoms with Crippen molar-refractivity contribution in [2.45, 2.75) is 0 Å². The smallest absolute Gasteiger partial charge is 0.331 e. The van der Waals surface area contributed by atoms with Crippen LogP contribution in [0.15, 0.2) is 41.8 Å². The second-order valence-electron chi connectivity index (χ2n) is 4.79. The van der Waals surface area contributed by atoms with Gasteiger partial charge in [0.25, 0.3) is 11.8 Å². The highest BCUT2D eigenvalue weighted by Gasteiger charge is 2.13. The fraction of sp³-hybridized carbons (Fsp3) is 0.118. The van der Waals surface area contributed by atoms with Crippen molar-refractivity contribution in [2.24, 2.45) is 5.73 Å². The van der Waals surface area contributed by atoms with Crippen molar-refractivity contribution >= 4 is 40.2 Å². The Labute approximate surface area is 148 Å². The van der Waals surface area contributed by atoms with E-state index in [0.29, 0.717) is 10.8 Å². The lowest BCUT2D eigenvalue weighted by Gasteiger charge is -2.05. The number of benzene rings is 1. The number of hydrogen-bond acceptors (Lipinski definition) is 6. The quantitative estimate of drug-likeness (QED) is 0.580. The van der Waals surface area contributed by atoms with Crippen LogP contribution in [0.4, 0.5) is 5.00 Å². The Morgan fingerprint density at radius 2 is 2.08 bits per heavy atom. The molecule has 0 aliphatic heterocycles. The summed E-state index contributed by atoms with van der Waals surface area (Å²) in [6.45, 7) is -0.475. The molecule has 0 unspecified atom stereocenters. The van der Waals surface area contributed by atoms with Crippen molar-refractivity contribution in [3.05, 3.63) is 52.9 Å². The van der Waals surface area contributed by atoms with Gasteiger partial charge in [0.2, 0.25) is 0 Å². The zero-order valence-corrected chi connectivity index (χ0v) is 14.2. The number of methoxy groups -OCH3 is 1. The fourth-order valence-electron chi connectivity index (χ4n) is 1.86. The van der Waals surface area contributed by atoms with Gasteiger partial charge in [-0.3, -0.25) is 9.59 Å². The van der Waals surface area contributed by atoms with E-state index in [9.17, 15) is 14.4 Å². The molecule has 0 aliphatic carbocycles. The molecule has 1 aromatic carbocycles. The SMILES string of the molecule is COc1cccc(/C=C/C(=O)OCC(=O)Nc2sccc2C(N)=O)c1. The Balaban J connectivity index is 1.84. The van der Waals surface area contributed by atoms with E-state index in [1.165, 1.54) is 12.1 Å². The number of thiophene rings is 1. The Morgan fingerprint density at radius 1 is 1.28 bits per heavy atom. The largest absolute Gasteiger partial charge is 0.497 e. The molecule has 1 aromatic heterocycles. The maximum atomic E-state index is 11.8. The van der Waals surface area contributed by atoms with Gasteiger partial charge in [-0.15, -0.1) is 11.3 Å². The lowest BCUT2D eigenvalue weighted by atomic mass is 10.2. The molecule has 0 bridgehead atoms. The van der Waals surface area contributed by atoms with Crippen LogP contribution in [0.25, 0.3) is 6.08 Å². The van der Waals surface area contributed by atoms with Gasteiger partial charge in [0, 0.05) is 6.08 Å². The third-order valence-corrected chi connectivity index (χ3v) is 3.86. The molecule has 8 heteroatoms. The third-order valence-electron chi connectivity index (χ3n) is 3.03. The number of carbonyl (C=O) groups excluding carboxylic acids is 3. The molecule has 25 heavy (non-hydrogen) atoms. The number of amides is 2. The molecule has 0 spiro atoms. The summed E-state index contributed by atoms with van der Waals surface area (Å²) in [5.41, 5.74) is 6.15. The number of esters is 1. The van der Waals surface area contributed by atoms with Gasteiger partial charge in [-0.2, -0.15) is 0 Å². The number of anilines is 1. The summed E-state index contributed by atoms with van der Waals surface area (Å²) < 4.78 is 9.93. The first kappa shape index (κ1) is 18.2. The second-order valence-corrected chi connectivity index (χ2v) is 5.71. The summed E-state index contributed by atoms with van der Waals surface area (Å²) in [5, 5.41) is 4.42. The first-order chi connectivity index (χ1) is 12.0. The molecule has 3 N–H and O–H groups in total. The summed E-state index contributed by atoms with van der Waals surface area (Å²) >= 11 is 1.15. The molecule has 2 rings (SSSR count). The van der Waals surface area contributed by atoms with Crippen molar-refractivity contribution in [1.82, 2.24) is 0 Å². The van der Waals surface area contributed by atoms with Crippen LogP contribution < -0.4 is 15.8 Å². The predicted molar refractivity (Wildman–Crippen MR) is 94.5 cm³/mol. The summed E-state index contributed by atoms with van der Waals surface area (Å²) in [6, 6.07) is 8.62. The second kappa shape index (κ2) is 8.65. The van der Waals surface area contributed by atoms with Crippen molar-refractivity contribution in [2.75, 3.05) is 19.0 Å². The Kier molecular flexibility index (Phi) is 6.30. The third kappa shape index (κ3) is 5.47. The van der Waals surface area contributed by atoms with Crippen LogP contribution in [-0.4, -0.2) is 31.5 Å². The van der Waals surface area contributed by atoms with Gasteiger partial charge >= 0.3 is 5.97 Å². The number of rotatable bonds is 7. The van der Waals surface area contributed by atoms with Gasteiger partial charge < -0.3 is 20.5 Å². The van der Waals surface area contributed by atoms with E-state index in [4.69, 9.17) is 15.2 Å². The topological polar surface area (TPSA) is 108 Å². The van der Waals surface area contributed by atoms with E-state index in [0.717, 1.165) is 16.9 Å². The molecule has 0 radical (unpaired) electrons. The molecule has 1 heterocycles. The van der Waals surface area contributed by atoms with Gasteiger partial charge in [0.15, 0.2) is 6.61 Å². The first-order valence-corrected chi connectivity index (χ1v) is 8.03. The summed E-state index contributed by atoms with van der Waals surface area (Å²) in [5.74, 6) is -1.21. The van der Waals surface area contributed by atoms with Crippen LogP contribution in [0.2, 0.25) is 0 Å². The molecule has 2 amide bonds. The van der Waals surface area contributed by atoms with E-state index in [1.54, 1.807) is 42.8 Å². The van der Waals surface area contributed by atoms with Crippen molar-refractivity contribution in [3.63, 3.8) is 0 Å². The zero-order valence-electron chi connectivity index (χ0n) is 13.4. The maximum Gasteiger partial charge on any atom is 0.331 e. The number of ether oxygens (including phenoxy) is 2. The fourth-order valence-corrected chi connectivity index (χ4v) is 2.67. The summed E-state index contributed by atoms with van der Waals surface area (Å²) in [6.07, 6.45) is 2.76. The lowest BCUT2D eigenvalue weighted by molar-refractivity contribution is -0.142. The van der Waals surface area contributed by atoms with Crippen LogP contribution >= 0.6 is 11.3 Å². The van der Waals surface area contributed by atoms with Gasteiger partial charge in [0.05, 0.1) is 12.7 Å². The number of primary amides is 1. The number of nitrogens with one attached hydrogen (secondary N) is 1. The van der Waals surface area contributed by atoms with Crippen molar-refractivity contribution < 1.29 is 23.9 Å². The molecular weight excluding hydrogens is 344 g/mol. The minimum absolute atomic E-state index is 0.211. The molecule has 0 fully saturated rings. The average Bonchev–Trinajstić information content (AvgIpc) is 3.06. The normalized spacial score (nSPS) is 10.4. The number of hydrogen-bond donors (Lipinski definition) is 2. The van der Waals surface area contributed by atoms with Crippen LogP contribution in [0.5, 0.6) is 5.75 Å². The molecule has 0 aliphatic rings. The summed E-state index contributed by atoms with van der Waals surface area (Å²) in [7, 11) is 1.55. The van der Waals surface area contributed by atoms with Crippen molar-refractivity contribution in [3.8, 4) is 5.75 Å². The van der Waals surface area contributed by atoms with E-state index in [2.05, 4.69) is 5.32 Å². The van der Waals surface area contributed by atoms with E-state index < -0.39 is 24.4 Å². The predicted octanol–water partition coefficient (Wildman–Crippen LogP) is 2.05. The maximum absolute atomic E-state index is 11.8. The average molecular weight is 360 g/mol. The van der Waals surface area contributed by atoms with E-state index >= 15 is 0 Å². The number of nitrogens with two attached hydrogens (primary N) is 1. The highest BCUT2D eigenvalue weighted by molar-refractivity contribution is 7.14. The van der Waals surface area contributed by atoms with Gasteiger partial charge in [-0.1, -0.05) is 12.1 Å². The highest BCUT2D eigenvalue weighted by Crippen LogP contribution is 2.22. The molecule has 130 valence electrons. The standard InChI is InChI=1S/C17H16N2O5S/c1-23-12-4-2-3-11(9-12)5-6-15(21)24-10-14(20)19-17-13(16(18)22)7-8-25-17/h2-9H,10H2,1H3,(H2,18,22)(H,19,20)/b6-5+. The van der Waals surface area contributed by atoms with Crippen LogP contribution in [0.1, 0.15) is 15.9 Å². The Morgan fingerprint density at radius 3 is 2.80 bits per heavy atom. The summed E-state index contributed by atoms with van der Waals surface area (Å²) in [4.78, 5) is 34.6. The Hall–Kier alpha value is -3.13. The van der Waals surface area contributed by atoms with E-state index in [-0.39, 0.29) is 5.56 Å². The van der Waals surface area contributed by atoms with Gasteiger partial charge in [-0.25, -0.2) is 4.79 Å². The highest BCUT2D eigenvalue weighted by atomic mass is 32.1. The lowest BCUT2D eigenvalue weighted by Crippen LogP contribution is -2.21. The molecular formula is C17H16N2O5S. The zero-order chi connectivity index (χ0) is 18.2. The minimum atomic E-state index is -0.667. The van der Waals surface area contributed by atoms with Gasteiger partial charge in [-0.05, 0) is 35.2 Å². The monoisotopic (exact) mass is 360 g/mol. The molecule has 0 saturated heterocycles. The van der Waals surface area contributed by atoms with Crippen molar-refractivity contribution in [1.29, 1.82) is 0 Å². The van der Waals surface area contributed by atoms with Crippen LogP contribution in [0.3, 0.4) is 0 Å². The van der Waals surface area contributed by atoms with E-state index in [1.807, 2.05) is 0 Å². The minimum Gasteiger partial charge on any atom is -0.497 e. The molecule has 0 saturated carbocycles. The van der Waals surface area contributed by atoms with Crippen LogP contribution in [0, 0.1) is 0 Å². The molecule has 2 aromatic rings. The van der Waals surface area contributed by atoms with Crippen LogP contribution in [-0.2, 0) is 14.3 Å².